The maximum absolute atomic E-state index is 11.2. The van der Waals surface area contributed by atoms with Crippen molar-refractivity contribution in [1.82, 2.24) is 4.72 Å². The first-order valence-electron chi connectivity index (χ1n) is 4.51. The Kier molecular flexibility index (Phi) is 3.67. The van der Waals surface area contributed by atoms with Gasteiger partial charge in [-0.3, -0.25) is 4.72 Å². The van der Waals surface area contributed by atoms with Crippen LogP contribution in [-0.4, -0.2) is 15.5 Å². The molecule has 1 unspecified atom stereocenters. The fourth-order valence-corrected chi connectivity index (χ4v) is 1.63. The quantitative estimate of drug-likeness (QED) is 0.706. The summed E-state index contributed by atoms with van der Waals surface area (Å²) in [5, 5.41) is 0. The molecule has 0 aliphatic carbocycles. The third kappa shape index (κ3) is 3.50. The molecule has 0 spiro atoms. The molecule has 84 valence electrons. The van der Waals surface area contributed by atoms with Gasteiger partial charge >= 0.3 is 0 Å². The topological polar surface area (TPSA) is 84.2 Å². The zero-order valence-corrected chi connectivity index (χ0v) is 9.51. The lowest BCUT2D eigenvalue weighted by Crippen LogP contribution is -2.26. The van der Waals surface area contributed by atoms with Gasteiger partial charge in [-0.25, -0.2) is 4.72 Å². The number of hydrogen-bond donors (Lipinski definition) is 3. The molecule has 0 aromatic heterocycles. The largest absolute Gasteiger partial charge is 0.324 e. The minimum absolute atomic E-state index is 0.121. The van der Waals surface area contributed by atoms with E-state index >= 15 is 0 Å². The van der Waals surface area contributed by atoms with Crippen molar-refractivity contribution in [3.8, 4) is 0 Å². The van der Waals surface area contributed by atoms with Gasteiger partial charge in [0.15, 0.2) is 0 Å². The van der Waals surface area contributed by atoms with Crippen LogP contribution in [-0.2, 0) is 10.2 Å². The van der Waals surface area contributed by atoms with Crippen LogP contribution in [0.2, 0.25) is 0 Å². The van der Waals surface area contributed by atoms with Gasteiger partial charge in [0.2, 0.25) is 0 Å². The van der Waals surface area contributed by atoms with Crippen LogP contribution in [0.3, 0.4) is 0 Å². The van der Waals surface area contributed by atoms with Crippen LogP contribution in [0.5, 0.6) is 0 Å². The average molecular weight is 229 g/mol. The van der Waals surface area contributed by atoms with Gasteiger partial charge in [0, 0.05) is 13.1 Å². The van der Waals surface area contributed by atoms with E-state index in [9.17, 15) is 8.42 Å². The minimum atomic E-state index is -3.46. The molecule has 0 heterocycles. The molecular formula is C9H15N3O2S. The SMILES string of the molecule is CNS(=O)(=O)Nc1cccc(C(C)N)c1. The fraction of sp³-hybridized carbons (Fsp3) is 0.333. The highest BCUT2D eigenvalue weighted by Gasteiger charge is 2.07. The fourth-order valence-electron chi connectivity index (χ4n) is 1.09. The predicted molar refractivity (Wildman–Crippen MR) is 60.6 cm³/mol. The Hall–Kier alpha value is -1.11. The average Bonchev–Trinajstić information content (AvgIpc) is 2.17. The first kappa shape index (κ1) is 12.0. The van der Waals surface area contributed by atoms with E-state index in [1.165, 1.54) is 7.05 Å². The summed E-state index contributed by atoms with van der Waals surface area (Å²) >= 11 is 0. The van der Waals surface area contributed by atoms with E-state index in [0.29, 0.717) is 5.69 Å². The Labute approximate surface area is 89.9 Å². The molecule has 0 amide bonds. The van der Waals surface area contributed by atoms with Gasteiger partial charge in [0.05, 0.1) is 5.69 Å². The molecule has 15 heavy (non-hydrogen) atoms. The van der Waals surface area contributed by atoms with Crippen molar-refractivity contribution >= 4 is 15.9 Å². The summed E-state index contributed by atoms with van der Waals surface area (Å²) in [6.45, 7) is 1.84. The second-order valence-electron chi connectivity index (χ2n) is 3.22. The Balaban J connectivity index is 2.92. The summed E-state index contributed by atoms with van der Waals surface area (Å²) in [5.74, 6) is 0. The molecule has 1 aromatic rings. The standard InChI is InChI=1S/C9H15N3O2S/c1-7(10)8-4-3-5-9(6-8)12-15(13,14)11-2/h3-7,11-12H,10H2,1-2H3. The molecule has 1 atom stereocenters. The molecular weight excluding hydrogens is 214 g/mol. The summed E-state index contributed by atoms with van der Waals surface area (Å²) in [6, 6.07) is 6.86. The van der Waals surface area contributed by atoms with Crippen molar-refractivity contribution in [2.24, 2.45) is 5.73 Å². The third-order valence-corrected chi connectivity index (χ3v) is 2.98. The molecule has 0 aliphatic heterocycles. The number of hydrogen-bond acceptors (Lipinski definition) is 3. The molecule has 0 saturated carbocycles. The van der Waals surface area contributed by atoms with Crippen LogP contribution in [0, 0.1) is 0 Å². The van der Waals surface area contributed by atoms with E-state index in [1.54, 1.807) is 18.2 Å². The summed E-state index contributed by atoms with van der Waals surface area (Å²) in [7, 11) is -2.11. The lowest BCUT2D eigenvalue weighted by molar-refractivity contribution is 0.593. The van der Waals surface area contributed by atoms with E-state index in [1.807, 2.05) is 13.0 Å². The lowest BCUT2D eigenvalue weighted by Gasteiger charge is -2.10. The van der Waals surface area contributed by atoms with Gasteiger partial charge in [-0.15, -0.1) is 0 Å². The molecule has 5 nitrogen and oxygen atoms in total. The molecule has 0 aliphatic rings. The second-order valence-corrected chi connectivity index (χ2v) is 4.84. The third-order valence-electron chi connectivity index (χ3n) is 1.93. The highest BCUT2D eigenvalue weighted by Crippen LogP contribution is 2.16. The summed E-state index contributed by atoms with van der Waals surface area (Å²) in [6.07, 6.45) is 0. The minimum Gasteiger partial charge on any atom is -0.324 e. The molecule has 1 rings (SSSR count). The lowest BCUT2D eigenvalue weighted by atomic mass is 10.1. The first-order valence-corrected chi connectivity index (χ1v) is 6.00. The number of nitrogens with two attached hydrogens (primary N) is 1. The van der Waals surface area contributed by atoms with E-state index in [0.717, 1.165) is 5.56 Å². The number of nitrogens with one attached hydrogen (secondary N) is 2. The Morgan fingerprint density at radius 3 is 2.60 bits per heavy atom. The Morgan fingerprint density at radius 2 is 2.07 bits per heavy atom. The monoisotopic (exact) mass is 229 g/mol. The maximum atomic E-state index is 11.2. The highest BCUT2D eigenvalue weighted by atomic mass is 32.2. The predicted octanol–water partition coefficient (Wildman–Crippen LogP) is 0.582. The zero-order valence-electron chi connectivity index (χ0n) is 8.69. The van der Waals surface area contributed by atoms with Gasteiger partial charge in [-0.1, -0.05) is 12.1 Å². The Bertz CT molecular complexity index is 429. The van der Waals surface area contributed by atoms with Crippen molar-refractivity contribution in [2.45, 2.75) is 13.0 Å². The molecule has 0 bridgehead atoms. The molecule has 6 heteroatoms. The van der Waals surface area contributed by atoms with Gasteiger partial charge in [0.1, 0.15) is 0 Å². The molecule has 0 fully saturated rings. The summed E-state index contributed by atoms with van der Waals surface area (Å²) < 4.78 is 26.9. The maximum Gasteiger partial charge on any atom is 0.298 e. The van der Waals surface area contributed by atoms with Crippen molar-refractivity contribution in [3.63, 3.8) is 0 Å². The molecule has 0 saturated heterocycles. The van der Waals surface area contributed by atoms with Crippen LogP contribution in [0.15, 0.2) is 24.3 Å². The number of rotatable bonds is 4. The normalized spacial score (nSPS) is 13.5. The van der Waals surface area contributed by atoms with Crippen LogP contribution in [0.1, 0.15) is 18.5 Å². The van der Waals surface area contributed by atoms with Crippen molar-refractivity contribution in [3.05, 3.63) is 29.8 Å². The van der Waals surface area contributed by atoms with Gasteiger partial charge in [0.25, 0.3) is 10.2 Å². The zero-order chi connectivity index (χ0) is 11.5. The van der Waals surface area contributed by atoms with Crippen LogP contribution < -0.4 is 15.2 Å². The number of benzene rings is 1. The van der Waals surface area contributed by atoms with Crippen molar-refractivity contribution in [1.29, 1.82) is 0 Å². The van der Waals surface area contributed by atoms with Crippen LogP contribution in [0.4, 0.5) is 5.69 Å². The van der Waals surface area contributed by atoms with Gasteiger partial charge in [-0.05, 0) is 24.6 Å². The van der Waals surface area contributed by atoms with Gasteiger partial charge < -0.3 is 5.73 Å². The van der Waals surface area contributed by atoms with E-state index < -0.39 is 10.2 Å². The summed E-state index contributed by atoms with van der Waals surface area (Å²) in [4.78, 5) is 0. The first-order chi connectivity index (χ1) is 6.94. The second kappa shape index (κ2) is 4.61. The summed E-state index contributed by atoms with van der Waals surface area (Å²) in [5.41, 5.74) is 7.07. The van der Waals surface area contributed by atoms with E-state index in [-0.39, 0.29) is 6.04 Å². The molecule has 4 N–H and O–H groups in total. The highest BCUT2D eigenvalue weighted by molar-refractivity contribution is 7.90. The van der Waals surface area contributed by atoms with Crippen LogP contribution in [0.25, 0.3) is 0 Å². The van der Waals surface area contributed by atoms with Gasteiger partial charge in [-0.2, -0.15) is 8.42 Å². The van der Waals surface area contributed by atoms with E-state index in [2.05, 4.69) is 9.44 Å². The smallest absolute Gasteiger partial charge is 0.298 e. The molecule has 1 aromatic carbocycles. The Morgan fingerprint density at radius 1 is 1.40 bits per heavy atom. The van der Waals surface area contributed by atoms with Crippen molar-refractivity contribution < 1.29 is 8.42 Å². The van der Waals surface area contributed by atoms with Crippen molar-refractivity contribution in [2.75, 3.05) is 11.8 Å². The molecule has 0 radical (unpaired) electrons. The van der Waals surface area contributed by atoms with E-state index in [4.69, 9.17) is 5.73 Å². The number of anilines is 1. The van der Waals surface area contributed by atoms with Crippen LogP contribution >= 0.6 is 0 Å².